The Bertz CT molecular complexity index is 195. The summed E-state index contributed by atoms with van der Waals surface area (Å²) in [6.45, 7) is 9.12. The Hall–Kier alpha value is -0.770. The van der Waals surface area contributed by atoms with Crippen molar-refractivity contribution < 1.29 is 14.3 Å². The number of hydrogen-bond donors (Lipinski definition) is 0. The molecular formula is C12H25NO3. The van der Waals surface area contributed by atoms with Crippen LogP contribution < -0.4 is 0 Å². The van der Waals surface area contributed by atoms with E-state index >= 15 is 0 Å². The van der Waals surface area contributed by atoms with Crippen molar-refractivity contribution >= 4 is 6.09 Å². The first-order valence-corrected chi connectivity index (χ1v) is 6.11. The topological polar surface area (TPSA) is 38.8 Å². The number of hydrogen-bond acceptors (Lipinski definition) is 3. The molecule has 1 aliphatic rings. The second-order valence-electron chi connectivity index (χ2n) is 3.88. The number of carbonyl (C=O) groups excluding carboxylic acids is 1. The fraction of sp³-hybridized carbons (Fsp3) is 0.917. The van der Waals surface area contributed by atoms with Crippen molar-refractivity contribution in [1.29, 1.82) is 0 Å². The summed E-state index contributed by atoms with van der Waals surface area (Å²) in [6, 6.07) is 0.200. The molecule has 0 saturated carbocycles. The average molecular weight is 231 g/mol. The van der Waals surface area contributed by atoms with Gasteiger partial charge in [0.15, 0.2) is 0 Å². The van der Waals surface area contributed by atoms with Crippen LogP contribution in [0.4, 0.5) is 4.79 Å². The van der Waals surface area contributed by atoms with E-state index in [2.05, 4.69) is 0 Å². The smallest absolute Gasteiger partial charge is 0.410 e. The van der Waals surface area contributed by atoms with Crippen molar-refractivity contribution in [2.75, 3.05) is 20.3 Å². The molecule has 0 aromatic rings. The summed E-state index contributed by atoms with van der Waals surface area (Å²) in [6.07, 6.45) is 1.80. The molecule has 1 fully saturated rings. The van der Waals surface area contributed by atoms with E-state index in [9.17, 15) is 4.79 Å². The van der Waals surface area contributed by atoms with Gasteiger partial charge in [0.05, 0.1) is 18.8 Å². The van der Waals surface area contributed by atoms with Crippen molar-refractivity contribution in [3.05, 3.63) is 0 Å². The molecule has 1 rings (SSSR count). The highest BCUT2D eigenvalue weighted by molar-refractivity contribution is 5.68. The standard InChI is InChI=1S/C10H19NO3.C2H6/c1-8(2)14-10(12)11-6-4-5-9(11)7-13-3;1-2/h8-9H,4-7H2,1-3H3;1-2H3/t9-;/m0./s1. The Morgan fingerprint density at radius 1 is 1.44 bits per heavy atom. The van der Waals surface area contributed by atoms with Crippen LogP contribution in [-0.2, 0) is 9.47 Å². The van der Waals surface area contributed by atoms with Gasteiger partial charge in [-0.25, -0.2) is 4.79 Å². The van der Waals surface area contributed by atoms with Gasteiger partial charge in [-0.2, -0.15) is 0 Å². The summed E-state index contributed by atoms with van der Waals surface area (Å²) in [5.74, 6) is 0. The van der Waals surface area contributed by atoms with Crippen molar-refractivity contribution in [1.82, 2.24) is 4.90 Å². The van der Waals surface area contributed by atoms with E-state index in [1.807, 2.05) is 27.7 Å². The number of ether oxygens (including phenoxy) is 2. The van der Waals surface area contributed by atoms with Crippen LogP contribution in [0.5, 0.6) is 0 Å². The number of methoxy groups -OCH3 is 1. The van der Waals surface area contributed by atoms with Gasteiger partial charge in [-0.15, -0.1) is 0 Å². The van der Waals surface area contributed by atoms with Crippen molar-refractivity contribution in [2.24, 2.45) is 0 Å². The van der Waals surface area contributed by atoms with Crippen LogP contribution in [0.3, 0.4) is 0 Å². The molecule has 0 aromatic heterocycles. The van der Waals surface area contributed by atoms with E-state index in [1.165, 1.54) is 0 Å². The van der Waals surface area contributed by atoms with E-state index in [1.54, 1.807) is 12.0 Å². The van der Waals surface area contributed by atoms with Gasteiger partial charge in [0.1, 0.15) is 0 Å². The number of likely N-dealkylation sites (tertiary alicyclic amines) is 1. The Kier molecular flexibility index (Phi) is 7.99. The summed E-state index contributed by atoms with van der Waals surface area (Å²) in [5, 5.41) is 0. The summed E-state index contributed by atoms with van der Waals surface area (Å²) >= 11 is 0. The fourth-order valence-electron chi connectivity index (χ4n) is 1.71. The third-order valence-electron chi connectivity index (χ3n) is 2.31. The van der Waals surface area contributed by atoms with Crippen LogP contribution in [0.2, 0.25) is 0 Å². The molecule has 1 atom stereocenters. The second-order valence-corrected chi connectivity index (χ2v) is 3.88. The van der Waals surface area contributed by atoms with Gasteiger partial charge in [-0.1, -0.05) is 13.8 Å². The lowest BCUT2D eigenvalue weighted by Gasteiger charge is -2.24. The highest BCUT2D eigenvalue weighted by Gasteiger charge is 2.29. The van der Waals surface area contributed by atoms with Crippen LogP contribution in [0.15, 0.2) is 0 Å². The normalized spacial score (nSPS) is 19.4. The first-order valence-electron chi connectivity index (χ1n) is 6.11. The van der Waals surface area contributed by atoms with Gasteiger partial charge in [0, 0.05) is 13.7 Å². The second kappa shape index (κ2) is 8.39. The fourth-order valence-corrected chi connectivity index (χ4v) is 1.71. The first kappa shape index (κ1) is 15.2. The van der Waals surface area contributed by atoms with E-state index in [0.29, 0.717) is 6.61 Å². The zero-order valence-electron chi connectivity index (χ0n) is 11.2. The van der Waals surface area contributed by atoms with Gasteiger partial charge >= 0.3 is 6.09 Å². The predicted molar refractivity (Wildman–Crippen MR) is 64.6 cm³/mol. The Labute approximate surface area is 98.9 Å². The van der Waals surface area contributed by atoms with E-state index in [0.717, 1.165) is 19.4 Å². The van der Waals surface area contributed by atoms with Gasteiger partial charge in [0.2, 0.25) is 0 Å². The molecule has 0 radical (unpaired) electrons. The largest absolute Gasteiger partial charge is 0.447 e. The molecule has 1 amide bonds. The quantitative estimate of drug-likeness (QED) is 0.749. The van der Waals surface area contributed by atoms with Crippen molar-refractivity contribution in [3.63, 3.8) is 0 Å². The number of amides is 1. The Morgan fingerprint density at radius 2 is 2.06 bits per heavy atom. The average Bonchev–Trinajstić information content (AvgIpc) is 2.69. The number of rotatable bonds is 3. The minimum absolute atomic E-state index is 0.0497. The highest BCUT2D eigenvalue weighted by Crippen LogP contribution is 2.18. The maximum absolute atomic E-state index is 11.6. The van der Waals surface area contributed by atoms with Gasteiger partial charge in [-0.3, -0.25) is 0 Å². The molecule has 0 N–H and O–H groups in total. The molecule has 0 spiro atoms. The lowest BCUT2D eigenvalue weighted by Crippen LogP contribution is -2.39. The number of carbonyl (C=O) groups is 1. The lowest BCUT2D eigenvalue weighted by molar-refractivity contribution is 0.0565. The summed E-state index contributed by atoms with van der Waals surface area (Å²) < 4.78 is 10.2. The van der Waals surface area contributed by atoms with E-state index < -0.39 is 0 Å². The molecule has 1 heterocycles. The Morgan fingerprint density at radius 3 is 2.56 bits per heavy atom. The minimum Gasteiger partial charge on any atom is -0.447 e. The molecule has 0 bridgehead atoms. The third kappa shape index (κ3) is 4.84. The molecule has 0 aliphatic carbocycles. The molecule has 0 unspecified atom stereocenters. The van der Waals surface area contributed by atoms with Crippen LogP contribution in [0.1, 0.15) is 40.5 Å². The van der Waals surface area contributed by atoms with Crippen LogP contribution >= 0.6 is 0 Å². The zero-order chi connectivity index (χ0) is 12.6. The van der Waals surface area contributed by atoms with Gasteiger partial charge in [0.25, 0.3) is 0 Å². The molecule has 4 nitrogen and oxygen atoms in total. The summed E-state index contributed by atoms with van der Waals surface area (Å²) in [7, 11) is 1.66. The summed E-state index contributed by atoms with van der Waals surface area (Å²) in [4.78, 5) is 13.4. The first-order chi connectivity index (χ1) is 7.65. The molecule has 16 heavy (non-hydrogen) atoms. The molecule has 1 aliphatic heterocycles. The molecule has 1 saturated heterocycles. The lowest BCUT2D eigenvalue weighted by atomic mass is 10.2. The maximum Gasteiger partial charge on any atom is 0.410 e. The molecule has 4 heteroatoms. The molecule has 96 valence electrons. The monoisotopic (exact) mass is 231 g/mol. The highest BCUT2D eigenvalue weighted by atomic mass is 16.6. The van der Waals surface area contributed by atoms with E-state index in [4.69, 9.17) is 9.47 Å². The van der Waals surface area contributed by atoms with Crippen LogP contribution in [-0.4, -0.2) is 43.4 Å². The molecule has 0 aromatic carbocycles. The zero-order valence-corrected chi connectivity index (χ0v) is 11.2. The van der Waals surface area contributed by atoms with Gasteiger partial charge < -0.3 is 14.4 Å². The van der Waals surface area contributed by atoms with Crippen molar-refractivity contribution in [3.8, 4) is 0 Å². The molecular weight excluding hydrogens is 206 g/mol. The van der Waals surface area contributed by atoms with Crippen LogP contribution in [0, 0.1) is 0 Å². The van der Waals surface area contributed by atoms with Crippen LogP contribution in [0.25, 0.3) is 0 Å². The predicted octanol–water partition coefficient (Wildman–Crippen LogP) is 2.67. The maximum atomic E-state index is 11.6. The van der Waals surface area contributed by atoms with E-state index in [-0.39, 0.29) is 18.2 Å². The Balaban J connectivity index is 0.00000106. The number of nitrogens with zero attached hydrogens (tertiary/aromatic N) is 1. The van der Waals surface area contributed by atoms with Crippen molar-refractivity contribution in [2.45, 2.75) is 52.7 Å². The summed E-state index contributed by atoms with van der Waals surface area (Å²) in [5.41, 5.74) is 0. The minimum atomic E-state index is -0.209. The SMILES string of the molecule is CC.COC[C@@H]1CCCN1C(=O)OC(C)C. The third-order valence-corrected chi connectivity index (χ3v) is 2.31. The van der Waals surface area contributed by atoms with Gasteiger partial charge in [-0.05, 0) is 26.7 Å².